The predicted molar refractivity (Wildman–Crippen MR) is 288 cm³/mol. The lowest BCUT2D eigenvalue weighted by atomic mass is 9.98. The number of hydrogen-bond acceptors (Lipinski definition) is 2. The lowest BCUT2D eigenvalue weighted by Gasteiger charge is -2.10. The fourth-order valence-corrected chi connectivity index (χ4v) is 10.7. The summed E-state index contributed by atoms with van der Waals surface area (Å²) in [6, 6.07) is 35.7. The van der Waals surface area contributed by atoms with Crippen LogP contribution in [0.5, 0.6) is 0 Å². The Morgan fingerprint density at radius 2 is 0.500 bits per heavy atom. The first-order chi connectivity index (χ1) is 30.7. The number of aromatic nitrogens is 4. The van der Waals surface area contributed by atoms with Crippen molar-refractivity contribution in [3.63, 3.8) is 0 Å². The van der Waals surface area contributed by atoms with Gasteiger partial charge in [-0.2, -0.15) is 0 Å². The first kappa shape index (κ1) is 44.6. The molecule has 0 radical (unpaired) electrons. The van der Waals surface area contributed by atoms with Gasteiger partial charge in [0, 0.05) is 22.3 Å². The van der Waals surface area contributed by atoms with Crippen LogP contribution in [0.4, 0.5) is 0 Å². The number of hydrogen-bond donors (Lipinski definition) is 2. The summed E-state index contributed by atoms with van der Waals surface area (Å²) in [5.74, 6) is 1.61. The van der Waals surface area contributed by atoms with E-state index in [1.807, 2.05) is 0 Å². The summed E-state index contributed by atoms with van der Waals surface area (Å²) in [5, 5.41) is 0. The fraction of sp³-hybridized carbons (Fsp3) is 0.214. The van der Waals surface area contributed by atoms with Crippen molar-refractivity contribution in [1.29, 1.82) is 0 Å². The topological polar surface area (TPSA) is 57.4 Å². The molecule has 64 heavy (non-hydrogen) atoms. The summed E-state index contributed by atoms with van der Waals surface area (Å²) in [6.07, 6.45) is 8.62. The number of rotatable bonds is 8. The van der Waals surface area contributed by atoms with Crippen molar-refractivity contribution in [2.24, 2.45) is 0 Å². The highest BCUT2D eigenvalue weighted by atomic mass is 79.9. The minimum absolute atomic E-state index is 0.402. The Morgan fingerprint density at radius 3 is 0.672 bits per heavy atom. The average Bonchev–Trinajstić information content (AvgIpc) is 4.08. The summed E-state index contributed by atoms with van der Waals surface area (Å²) in [7, 11) is 0. The molecule has 4 nitrogen and oxygen atoms in total. The summed E-state index contributed by atoms with van der Waals surface area (Å²) < 4.78 is 3.64. The van der Waals surface area contributed by atoms with E-state index in [1.54, 1.807) is 0 Å². The molecule has 0 fully saturated rings. The van der Waals surface area contributed by atoms with E-state index in [-0.39, 0.29) is 0 Å². The molecule has 0 saturated carbocycles. The minimum atomic E-state index is 0.402. The molecular formula is C56H50Br4N4. The molecule has 7 aromatic rings. The van der Waals surface area contributed by atoms with Crippen LogP contribution >= 0.6 is 63.7 Å². The summed E-state index contributed by atoms with van der Waals surface area (Å²) in [5.41, 5.74) is 20.4. The van der Waals surface area contributed by atoms with Crippen LogP contribution in [-0.4, -0.2) is 19.9 Å². The zero-order valence-corrected chi connectivity index (χ0v) is 43.6. The molecule has 0 spiro atoms. The molecule has 0 saturated heterocycles. The van der Waals surface area contributed by atoms with Gasteiger partial charge in [-0.25, -0.2) is 9.97 Å². The maximum absolute atomic E-state index is 5.59. The number of nitrogens with zero attached hydrogens (tertiary/aromatic N) is 2. The fourth-order valence-electron chi connectivity index (χ4n) is 8.70. The number of H-pyrrole nitrogens is 2. The molecule has 2 aliphatic heterocycles. The highest BCUT2D eigenvalue weighted by Gasteiger charge is 2.25. The highest BCUT2D eigenvalue weighted by molar-refractivity contribution is 9.13. The Bertz CT molecular complexity index is 2740. The van der Waals surface area contributed by atoms with Crippen LogP contribution in [0.1, 0.15) is 124 Å². The van der Waals surface area contributed by atoms with E-state index in [2.05, 4.69) is 250 Å². The van der Waals surface area contributed by atoms with Crippen molar-refractivity contribution in [3.05, 3.63) is 160 Å². The summed E-state index contributed by atoms with van der Waals surface area (Å²) in [6.45, 7) is 17.9. The number of fused-ring (bicyclic) bond motifs is 8. The standard InChI is InChI=1S/C56H50Br4N4/c1-29(2)33-9-17-37(18-10-33)45-41-25-26-42(61-41)46(38-19-11-34(12-20-38)30(3)4)55-51(59)52(60)56(64-55)48(40-23-15-36(16-24-40)32(7)8)44-28-27-43(62-44)47(54-50(58)49(57)53(45)63-54)39-21-13-35(14-22-39)31(5)6/h9-32,63-64H,1-8H3. The Balaban J connectivity index is 1.50. The lowest BCUT2D eigenvalue weighted by molar-refractivity contribution is 0.867. The van der Waals surface area contributed by atoms with E-state index < -0.39 is 0 Å². The largest absolute Gasteiger partial charge is 0.352 e. The van der Waals surface area contributed by atoms with Gasteiger partial charge in [0.05, 0.1) is 62.7 Å². The Kier molecular flexibility index (Phi) is 12.5. The SMILES string of the molecule is CC(C)c1ccc(-c2c3nc(c(-c4ccc(C(C)C)cc4)c4[nH]c(c(Br)c4Br)c(-c4ccc(C(C)C)cc4)c4nc(c(-c5ccc(C(C)C)cc5)c5[nH]c2c(Br)c5Br)C=C4)C=C3)cc1. The second-order valence-corrected chi connectivity index (χ2v) is 21.2. The third-order valence-corrected chi connectivity index (χ3v) is 16.8. The summed E-state index contributed by atoms with van der Waals surface area (Å²) in [4.78, 5) is 19.1. The average molecular weight is 1100 g/mol. The Labute approximate surface area is 410 Å². The van der Waals surface area contributed by atoms with E-state index in [4.69, 9.17) is 9.97 Å². The minimum Gasteiger partial charge on any atom is -0.352 e. The van der Waals surface area contributed by atoms with Crippen LogP contribution in [0, 0.1) is 0 Å². The van der Waals surface area contributed by atoms with E-state index in [0.717, 1.165) is 107 Å². The van der Waals surface area contributed by atoms with Gasteiger partial charge in [-0.15, -0.1) is 0 Å². The molecule has 9 rings (SSSR count). The number of halogens is 4. The van der Waals surface area contributed by atoms with E-state index >= 15 is 0 Å². The Hall–Kier alpha value is -4.60. The molecule has 3 aromatic heterocycles. The molecule has 8 bridgehead atoms. The first-order valence-electron chi connectivity index (χ1n) is 22.0. The molecule has 0 aliphatic carbocycles. The molecule has 4 aromatic carbocycles. The van der Waals surface area contributed by atoms with Gasteiger partial charge in [0.25, 0.3) is 0 Å². The Morgan fingerprint density at radius 1 is 0.312 bits per heavy atom. The van der Waals surface area contributed by atoms with Crippen molar-refractivity contribution in [2.75, 3.05) is 0 Å². The van der Waals surface area contributed by atoms with Gasteiger partial charge in [-0.3, -0.25) is 0 Å². The third-order valence-electron chi connectivity index (χ3n) is 12.5. The van der Waals surface area contributed by atoms with Crippen LogP contribution in [-0.2, 0) is 0 Å². The second kappa shape index (κ2) is 18.0. The molecule has 2 N–H and O–H groups in total. The van der Waals surface area contributed by atoms with Gasteiger partial charge in [0.1, 0.15) is 0 Å². The van der Waals surface area contributed by atoms with Gasteiger partial charge in [-0.1, -0.05) is 152 Å². The van der Waals surface area contributed by atoms with E-state index in [9.17, 15) is 0 Å². The van der Waals surface area contributed by atoms with Crippen LogP contribution in [0.25, 0.3) is 90.9 Å². The van der Waals surface area contributed by atoms with Crippen LogP contribution in [0.3, 0.4) is 0 Å². The van der Waals surface area contributed by atoms with E-state index in [1.165, 1.54) is 22.3 Å². The normalized spacial score (nSPS) is 12.5. The van der Waals surface area contributed by atoms with Crippen LogP contribution in [0.15, 0.2) is 115 Å². The van der Waals surface area contributed by atoms with Crippen molar-refractivity contribution in [2.45, 2.75) is 79.1 Å². The smallest absolute Gasteiger partial charge is 0.0737 e. The molecule has 322 valence electrons. The first-order valence-corrected chi connectivity index (χ1v) is 25.2. The molecule has 5 heterocycles. The van der Waals surface area contributed by atoms with Gasteiger partial charge < -0.3 is 9.97 Å². The van der Waals surface area contributed by atoms with Crippen molar-refractivity contribution >= 4 is 110 Å². The second-order valence-electron chi connectivity index (χ2n) is 18.0. The van der Waals surface area contributed by atoms with Crippen molar-refractivity contribution in [1.82, 2.24) is 19.9 Å². The number of benzene rings is 4. The zero-order valence-electron chi connectivity index (χ0n) is 37.3. The van der Waals surface area contributed by atoms with Gasteiger partial charge in [-0.05, 0) is 156 Å². The molecule has 0 atom stereocenters. The molecule has 8 heteroatoms. The third kappa shape index (κ3) is 8.18. The maximum atomic E-state index is 5.59. The monoisotopic (exact) mass is 1090 g/mol. The quantitative estimate of drug-likeness (QED) is 0.159. The van der Waals surface area contributed by atoms with Crippen LogP contribution < -0.4 is 0 Å². The molecule has 0 amide bonds. The molecule has 2 aliphatic rings. The number of nitrogens with one attached hydrogen (secondary N) is 2. The molecular weight excluding hydrogens is 1050 g/mol. The molecule has 0 unspecified atom stereocenters. The van der Waals surface area contributed by atoms with Gasteiger partial charge >= 0.3 is 0 Å². The van der Waals surface area contributed by atoms with Gasteiger partial charge in [0.15, 0.2) is 0 Å². The van der Waals surface area contributed by atoms with E-state index in [0.29, 0.717) is 23.7 Å². The lowest BCUT2D eigenvalue weighted by Crippen LogP contribution is -1.92. The summed E-state index contributed by atoms with van der Waals surface area (Å²) >= 11 is 16.4. The maximum Gasteiger partial charge on any atom is 0.0737 e. The van der Waals surface area contributed by atoms with Crippen LogP contribution in [0.2, 0.25) is 0 Å². The predicted octanol–water partition coefficient (Wildman–Crippen LogP) is 18.9. The zero-order chi connectivity index (χ0) is 45.1. The van der Waals surface area contributed by atoms with Crippen molar-refractivity contribution in [3.8, 4) is 44.5 Å². The number of aromatic amines is 2. The van der Waals surface area contributed by atoms with Crippen molar-refractivity contribution < 1.29 is 0 Å². The van der Waals surface area contributed by atoms with Gasteiger partial charge in [0.2, 0.25) is 0 Å². The highest BCUT2D eigenvalue weighted by Crippen LogP contribution is 2.47.